The number of hydrogen-bond donors (Lipinski definition) is 1. The van der Waals surface area contributed by atoms with Gasteiger partial charge < -0.3 is 29.3 Å². The van der Waals surface area contributed by atoms with Crippen molar-refractivity contribution in [2.75, 3.05) is 31.2 Å². The largest absolute Gasteiger partial charge is 0.494 e. The van der Waals surface area contributed by atoms with Gasteiger partial charge in [-0.25, -0.2) is 0 Å². The van der Waals surface area contributed by atoms with Crippen LogP contribution in [0.15, 0.2) is 79.9 Å². The van der Waals surface area contributed by atoms with Gasteiger partial charge in [-0.2, -0.15) is 0 Å². The summed E-state index contributed by atoms with van der Waals surface area (Å²) in [4.78, 5) is 49.8. The van der Waals surface area contributed by atoms with E-state index >= 15 is 0 Å². The number of likely N-dealkylation sites (tertiary alicyclic amines) is 1. The van der Waals surface area contributed by atoms with Crippen molar-refractivity contribution in [1.29, 1.82) is 0 Å². The summed E-state index contributed by atoms with van der Waals surface area (Å²) in [7, 11) is 0. The van der Waals surface area contributed by atoms with Crippen LogP contribution in [0.3, 0.4) is 0 Å². The van der Waals surface area contributed by atoms with Gasteiger partial charge in [-0.1, -0.05) is 69.7 Å². The Hall–Kier alpha value is -3.95. The zero-order chi connectivity index (χ0) is 34.6. The van der Waals surface area contributed by atoms with Crippen molar-refractivity contribution in [2.45, 2.75) is 83.2 Å². The smallest absolute Gasteiger partial charge is 0.249 e. The molecular weight excluding hydrogens is 606 g/mol. The minimum Gasteiger partial charge on any atom is -0.494 e. The van der Waals surface area contributed by atoms with Crippen molar-refractivity contribution in [3.8, 4) is 5.75 Å². The molecule has 0 radical (unpaired) electrons. The van der Waals surface area contributed by atoms with Crippen LogP contribution in [0.5, 0.6) is 5.75 Å². The van der Waals surface area contributed by atoms with Crippen LogP contribution in [0.4, 0.5) is 5.69 Å². The number of benzene rings is 2. The topological polar surface area (TPSA) is 99.6 Å². The van der Waals surface area contributed by atoms with E-state index in [0.717, 1.165) is 5.56 Å². The summed E-state index contributed by atoms with van der Waals surface area (Å²) >= 11 is 0. The Morgan fingerprint density at radius 3 is 2.31 bits per heavy atom. The number of anilines is 1. The number of carbonyl (C=O) groups excluding carboxylic acids is 3. The fourth-order valence-corrected chi connectivity index (χ4v) is 8.36. The maximum absolute atomic E-state index is 15.0. The van der Waals surface area contributed by atoms with Gasteiger partial charge in [-0.3, -0.25) is 14.4 Å². The van der Waals surface area contributed by atoms with Crippen LogP contribution in [0.1, 0.15) is 58.9 Å². The van der Waals surface area contributed by atoms with Gasteiger partial charge in [0.1, 0.15) is 17.4 Å². The van der Waals surface area contributed by atoms with Crippen molar-refractivity contribution in [3.05, 3.63) is 85.5 Å². The monoisotopic (exact) mass is 657 g/mol. The van der Waals surface area contributed by atoms with Crippen LogP contribution < -0.4 is 9.64 Å². The van der Waals surface area contributed by atoms with Crippen LogP contribution >= 0.6 is 0 Å². The molecule has 9 nitrogen and oxygen atoms in total. The molecule has 3 fully saturated rings. The molecule has 0 saturated carbocycles. The molecule has 1 N–H and O–H groups in total. The second-order valence-electron chi connectivity index (χ2n) is 13.4. The van der Waals surface area contributed by atoms with Gasteiger partial charge in [0.25, 0.3) is 0 Å². The fourth-order valence-electron chi connectivity index (χ4n) is 8.36. The summed E-state index contributed by atoms with van der Waals surface area (Å²) in [6.07, 6.45) is 5.57. The predicted octanol–water partition coefficient (Wildman–Crippen LogP) is 5.38. The van der Waals surface area contributed by atoms with Crippen molar-refractivity contribution in [2.24, 2.45) is 17.8 Å². The first-order valence-corrected chi connectivity index (χ1v) is 17.4. The Morgan fingerprint density at radius 1 is 1.04 bits per heavy atom. The lowest BCUT2D eigenvalue weighted by molar-refractivity contribution is -0.157. The number of nitrogens with zero attached hydrogens (tertiary/aromatic N) is 3. The minimum absolute atomic E-state index is 0.0981. The summed E-state index contributed by atoms with van der Waals surface area (Å²) in [5, 5.41) is 10.8. The van der Waals surface area contributed by atoms with Gasteiger partial charge >= 0.3 is 0 Å². The van der Waals surface area contributed by atoms with E-state index in [0.29, 0.717) is 50.3 Å². The molecule has 1 spiro atoms. The molecule has 3 saturated heterocycles. The van der Waals surface area contributed by atoms with E-state index in [1.54, 1.807) is 26.9 Å². The van der Waals surface area contributed by atoms with E-state index < -0.39 is 35.1 Å². The third kappa shape index (κ3) is 5.96. The van der Waals surface area contributed by atoms with Crippen molar-refractivity contribution < 1.29 is 29.0 Å². The van der Waals surface area contributed by atoms with Gasteiger partial charge in [0.2, 0.25) is 17.7 Å². The van der Waals surface area contributed by atoms with Crippen LogP contribution in [-0.2, 0) is 25.7 Å². The zero-order valence-electron chi connectivity index (χ0n) is 28.8. The van der Waals surface area contributed by atoms with E-state index in [1.165, 1.54) is 0 Å². The lowest BCUT2D eigenvalue weighted by Crippen LogP contribution is -2.59. The average Bonchev–Trinajstić information content (AvgIpc) is 3.71. The fraction of sp³-hybridized carbons (Fsp3) is 0.513. The van der Waals surface area contributed by atoms with Gasteiger partial charge in [-0.15, -0.1) is 13.2 Å². The van der Waals surface area contributed by atoms with Gasteiger partial charge in [0, 0.05) is 25.3 Å². The Balaban J connectivity index is 1.61. The molecule has 7 atom stereocenters. The normalized spacial score (nSPS) is 26.9. The molecule has 0 aromatic heterocycles. The highest BCUT2D eigenvalue weighted by Crippen LogP contribution is 2.65. The lowest BCUT2D eigenvalue weighted by Gasteiger charge is -2.41. The van der Waals surface area contributed by atoms with E-state index in [4.69, 9.17) is 9.47 Å². The number of rotatable bonds is 16. The molecule has 3 amide bonds. The average molecular weight is 658 g/mol. The maximum atomic E-state index is 15.0. The number of carbonyl (C=O) groups is 3. The molecule has 2 bridgehead atoms. The molecule has 2 aromatic carbocycles. The second kappa shape index (κ2) is 14.7. The Morgan fingerprint density at radius 2 is 1.73 bits per heavy atom. The number of aliphatic hydroxyl groups excluding tert-OH is 1. The molecule has 2 aromatic rings. The lowest BCUT2D eigenvalue weighted by atomic mass is 9.64. The summed E-state index contributed by atoms with van der Waals surface area (Å²) in [5.41, 5.74) is -0.529. The van der Waals surface area contributed by atoms with E-state index in [-0.39, 0.29) is 43.3 Å². The molecule has 3 heterocycles. The van der Waals surface area contributed by atoms with Crippen LogP contribution in [-0.4, -0.2) is 82.2 Å². The van der Waals surface area contributed by atoms with Gasteiger partial charge in [-0.05, 0) is 61.9 Å². The highest BCUT2D eigenvalue weighted by molar-refractivity contribution is 6.03. The third-order valence-corrected chi connectivity index (χ3v) is 10.9. The summed E-state index contributed by atoms with van der Waals surface area (Å²) in [6.45, 7) is 16.8. The Kier molecular flexibility index (Phi) is 10.8. The van der Waals surface area contributed by atoms with Crippen molar-refractivity contribution in [1.82, 2.24) is 9.80 Å². The first-order valence-electron chi connectivity index (χ1n) is 17.4. The number of hydrogen-bond acceptors (Lipinski definition) is 6. The van der Waals surface area contributed by atoms with E-state index in [9.17, 15) is 19.5 Å². The SMILES string of the molecule is C=CCN(Cc1ccccc1)C(=O)C1N([C@@H](CO)[C@@H](C)CC)C(=O)[C@@H]2[C@@H](C(=O)N(CC=C)c3ccc(OCC)cc3)[C@@]3(CC)CCC12O3. The minimum atomic E-state index is -1.22. The molecule has 258 valence electrons. The van der Waals surface area contributed by atoms with E-state index in [1.807, 2.05) is 82.3 Å². The summed E-state index contributed by atoms with van der Waals surface area (Å²) in [5.74, 6) is -1.90. The van der Waals surface area contributed by atoms with Crippen molar-refractivity contribution >= 4 is 23.4 Å². The first-order chi connectivity index (χ1) is 23.2. The standard InChI is InChI=1S/C39H51N3O6/c1-7-23-40(25-28-15-13-12-14-16-28)37(46)34-39-22-21-38(10-4,48-39)32(33(39)36(45)42(34)31(26-43)27(6)9-3)35(44)41(24-8-2)29-17-19-30(20-18-29)47-11-5/h7-8,12-20,27,31-34,43H,1-2,9-11,21-26H2,3-6H3/t27-,31-,32-,33-,34?,38+,39?/m0/s1. The van der Waals surface area contributed by atoms with Crippen LogP contribution in [0, 0.1) is 17.8 Å². The molecule has 3 aliphatic heterocycles. The number of amides is 3. The molecule has 48 heavy (non-hydrogen) atoms. The molecule has 2 unspecified atom stereocenters. The number of ether oxygens (including phenoxy) is 2. The summed E-state index contributed by atoms with van der Waals surface area (Å²) in [6, 6.07) is 15.4. The highest BCUT2D eigenvalue weighted by Gasteiger charge is 2.79. The first kappa shape index (κ1) is 35.4. The quantitative estimate of drug-likeness (QED) is 0.244. The highest BCUT2D eigenvalue weighted by atomic mass is 16.5. The zero-order valence-corrected chi connectivity index (χ0v) is 28.8. The third-order valence-electron chi connectivity index (χ3n) is 10.9. The van der Waals surface area contributed by atoms with Crippen LogP contribution in [0.2, 0.25) is 0 Å². The number of aliphatic hydroxyl groups is 1. The molecule has 3 aliphatic rings. The molecule has 0 aliphatic carbocycles. The maximum Gasteiger partial charge on any atom is 0.249 e. The van der Waals surface area contributed by atoms with Gasteiger partial charge in [0.05, 0.1) is 36.7 Å². The Bertz CT molecular complexity index is 1480. The van der Waals surface area contributed by atoms with E-state index in [2.05, 4.69) is 13.2 Å². The summed E-state index contributed by atoms with van der Waals surface area (Å²) < 4.78 is 12.7. The van der Waals surface area contributed by atoms with Crippen molar-refractivity contribution in [3.63, 3.8) is 0 Å². The number of fused-ring (bicyclic) bond motifs is 1. The molecule has 5 rings (SSSR count). The predicted molar refractivity (Wildman–Crippen MR) is 186 cm³/mol. The molecular formula is C39H51N3O6. The van der Waals surface area contributed by atoms with Crippen LogP contribution in [0.25, 0.3) is 0 Å². The van der Waals surface area contributed by atoms with Gasteiger partial charge in [0.15, 0.2) is 0 Å². The molecule has 9 heteroatoms. The Labute approximate surface area is 285 Å². The second-order valence-corrected chi connectivity index (χ2v) is 13.4.